The number of aliphatic hydroxyl groups excluding tert-OH is 1. The molecule has 0 saturated carbocycles. The number of hydrogen-bond acceptors (Lipinski definition) is 6. The fourth-order valence-corrected chi connectivity index (χ4v) is 4.23. The first kappa shape index (κ1) is 27.1. The molecule has 0 spiro atoms. The minimum Gasteiger partial charge on any atom is -0.394 e. The number of rotatable bonds is 6. The number of fused-ring (bicyclic) bond motifs is 1. The van der Waals surface area contributed by atoms with Crippen molar-refractivity contribution in [3.63, 3.8) is 0 Å². The van der Waals surface area contributed by atoms with Crippen molar-refractivity contribution in [2.45, 2.75) is 64.7 Å². The van der Waals surface area contributed by atoms with Crippen molar-refractivity contribution in [2.24, 2.45) is 5.92 Å². The molecule has 3 rings (SSSR count). The Morgan fingerprint density at radius 3 is 2.66 bits per heavy atom. The number of aromatic nitrogens is 3. The van der Waals surface area contributed by atoms with E-state index < -0.39 is 11.7 Å². The van der Waals surface area contributed by atoms with Crippen LogP contribution in [0, 0.1) is 5.92 Å². The van der Waals surface area contributed by atoms with Crippen molar-refractivity contribution in [1.82, 2.24) is 24.8 Å². The van der Waals surface area contributed by atoms with Gasteiger partial charge in [-0.3, -0.25) is 9.69 Å². The molecule has 8 nitrogen and oxygen atoms in total. The molecule has 0 radical (unpaired) electrons. The van der Waals surface area contributed by atoms with E-state index in [0.717, 1.165) is 23.4 Å². The second-order valence-corrected chi connectivity index (χ2v) is 9.35. The van der Waals surface area contributed by atoms with E-state index in [1.165, 1.54) is 12.1 Å². The van der Waals surface area contributed by atoms with Gasteiger partial charge in [-0.1, -0.05) is 24.3 Å². The van der Waals surface area contributed by atoms with Crippen LogP contribution in [0.1, 0.15) is 43.5 Å². The smallest absolute Gasteiger partial charge is 0.394 e. The Hall–Kier alpha value is -2.50. The summed E-state index contributed by atoms with van der Waals surface area (Å²) in [5.74, 6) is -0.0933. The summed E-state index contributed by atoms with van der Waals surface area (Å²) >= 11 is 0. The first-order chi connectivity index (χ1) is 16.6. The third kappa shape index (κ3) is 7.49. The van der Waals surface area contributed by atoms with Crippen molar-refractivity contribution in [3.8, 4) is 0 Å². The van der Waals surface area contributed by atoms with Crippen molar-refractivity contribution in [1.29, 1.82) is 0 Å². The zero-order chi connectivity index (χ0) is 25.6. The number of nitrogens with zero attached hydrogens (tertiary/aromatic N) is 5. The number of carbonyl (C=O) groups is 1. The molecule has 0 bridgehead atoms. The van der Waals surface area contributed by atoms with Gasteiger partial charge in [-0.2, -0.15) is 13.2 Å². The summed E-state index contributed by atoms with van der Waals surface area (Å²) in [5.41, 5.74) is 0.906. The second kappa shape index (κ2) is 12.0. The van der Waals surface area contributed by atoms with Gasteiger partial charge in [0.1, 0.15) is 0 Å². The number of amides is 1. The molecule has 0 fully saturated rings. The quantitative estimate of drug-likeness (QED) is 0.661. The standard InChI is InChI=1S/C24H34F3N5O3/c1-17-12-31(18(2)15-33)23(34)5-4-10-32-21(11-28-29-32)16-35-22(17)14-30(3)13-19-6-8-20(9-7-19)24(25,26)27/h6-9,11,17-18,22,33H,4-5,10,12-16H2,1-3H3/t17-,18+,22+/m0/s1. The van der Waals surface area contributed by atoms with E-state index in [1.807, 2.05) is 25.8 Å². The maximum Gasteiger partial charge on any atom is 0.416 e. The Morgan fingerprint density at radius 1 is 1.29 bits per heavy atom. The van der Waals surface area contributed by atoms with Crippen molar-refractivity contribution in [3.05, 3.63) is 47.3 Å². The fourth-order valence-electron chi connectivity index (χ4n) is 4.23. The zero-order valence-corrected chi connectivity index (χ0v) is 20.4. The van der Waals surface area contributed by atoms with Gasteiger partial charge >= 0.3 is 6.18 Å². The van der Waals surface area contributed by atoms with Gasteiger partial charge in [0, 0.05) is 38.5 Å². The first-order valence-corrected chi connectivity index (χ1v) is 11.8. The number of benzene rings is 1. The molecule has 0 unspecified atom stereocenters. The first-order valence-electron chi connectivity index (χ1n) is 11.8. The molecule has 1 amide bonds. The van der Waals surface area contributed by atoms with Crippen molar-refractivity contribution in [2.75, 3.05) is 26.7 Å². The molecule has 11 heteroatoms. The highest BCUT2D eigenvalue weighted by Crippen LogP contribution is 2.29. The molecule has 194 valence electrons. The molecular weight excluding hydrogens is 463 g/mol. The lowest BCUT2D eigenvalue weighted by atomic mass is 10.0. The van der Waals surface area contributed by atoms with Gasteiger partial charge in [-0.05, 0) is 38.1 Å². The molecule has 1 aromatic heterocycles. The Morgan fingerprint density at radius 2 is 2.00 bits per heavy atom. The van der Waals surface area contributed by atoms with Gasteiger partial charge in [0.15, 0.2) is 0 Å². The molecule has 2 aromatic rings. The highest BCUT2D eigenvalue weighted by molar-refractivity contribution is 5.76. The summed E-state index contributed by atoms with van der Waals surface area (Å²) in [6.07, 6.45) is -2.04. The Bertz CT molecular complexity index is 951. The minimum absolute atomic E-state index is 0.0301. The zero-order valence-electron chi connectivity index (χ0n) is 20.4. The van der Waals surface area contributed by atoms with Gasteiger partial charge in [-0.25, -0.2) is 4.68 Å². The van der Waals surface area contributed by atoms with Crippen LogP contribution in [-0.2, 0) is 35.4 Å². The van der Waals surface area contributed by atoms with E-state index in [4.69, 9.17) is 4.74 Å². The van der Waals surface area contributed by atoms with Crippen LogP contribution in [0.3, 0.4) is 0 Å². The lowest BCUT2D eigenvalue weighted by Gasteiger charge is -2.35. The van der Waals surface area contributed by atoms with Gasteiger partial charge in [-0.15, -0.1) is 5.10 Å². The topological polar surface area (TPSA) is 83.7 Å². The number of halogens is 3. The number of carbonyl (C=O) groups excluding carboxylic acids is 1. The van der Waals surface area contributed by atoms with Crippen LogP contribution in [0.15, 0.2) is 30.5 Å². The second-order valence-electron chi connectivity index (χ2n) is 9.35. The molecule has 2 heterocycles. The summed E-state index contributed by atoms with van der Waals surface area (Å²) in [4.78, 5) is 16.6. The molecule has 0 aliphatic carbocycles. The van der Waals surface area contributed by atoms with Crippen LogP contribution in [0.25, 0.3) is 0 Å². The monoisotopic (exact) mass is 497 g/mol. The molecule has 35 heavy (non-hydrogen) atoms. The molecular formula is C24H34F3N5O3. The maximum atomic E-state index is 12.9. The van der Waals surface area contributed by atoms with E-state index >= 15 is 0 Å². The molecule has 0 saturated heterocycles. The van der Waals surface area contributed by atoms with E-state index in [1.54, 1.807) is 15.8 Å². The van der Waals surface area contributed by atoms with Crippen LogP contribution in [-0.4, -0.2) is 74.7 Å². The van der Waals surface area contributed by atoms with E-state index in [2.05, 4.69) is 10.3 Å². The van der Waals surface area contributed by atoms with E-state index in [0.29, 0.717) is 45.6 Å². The van der Waals surface area contributed by atoms with Crippen molar-refractivity contribution < 1.29 is 27.8 Å². The van der Waals surface area contributed by atoms with Crippen LogP contribution in [0.5, 0.6) is 0 Å². The predicted octanol–water partition coefficient (Wildman–Crippen LogP) is 2.95. The fraction of sp³-hybridized carbons (Fsp3) is 0.625. The average Bonchev–Trinajstić information content (AvgIpc) is 3.25. The predicted molar refractivity (Wildman–Crippen MR) is 123 cm³/mol. The molecule has 1 aromatic carbocycles. The average molecular weight is 498 g/mol. The Labute approximate surface area is 203 Å². The lowest BCUT2D eigenvalue weighted by Crippen LogP contribution is -2.47. The van der Waals surface area contributed by atoms with Crippen LogP contribution in [0.2, 0.25) is 0 Å². The molecule has 3 atom stereocenters. The summed E-state index contributed by atoms with van der Waals surface area (Å²) in [5, 5.41) is 17.8. The number of aryl methyl sites for hydroxylation is 1. The third-order valence-corrected chi connectivity index (χ3v) is 6.37. The highest BCUT2D eigenvalue weighted by Gasteiger charge is 2.30. The van der Waals surface area contributed by atoms with Gasteiger partial charge < -0.3 is 14.7 Å². The number of alkyl halides is 3. The number of likely N-dealkylation sites (N-methyl/N-ethyl adjacent to an activating group) is 1. The highest BCUT2D eigenvalue weighted by atomic mass is 19.4. The summed E-state index contributed by atoms with van der Waals surface area (Å²) in [6, 6.07) is 4.83. The number of hydrogen-bond donors (Lipinski definition) is 1. The Kier molecular flexibility index (Phi) is 9.26. The summed E-state index contributed by atoms with van der Waals surface area (Å²) in [7, 11) is 1.88. The van der Waals surface area contributed by atoms with Gasteiger partial charge in [0.05, 0.1) is 42.8 Å². The van der Waals surface area contributed by atoms with Crippen LogP contribution in [0.4, 0.5) is 13.2 Å². The normalized spacial score (nSPS) is 21.4. The SMILES string of the molecule is C[C@H](CO)N1C[C@H](C)[C@@H](CN(C)Cc2ccc(C(F)(F)F)cc2)OCc2cnnn2CCCC1=O. The minimum atomic E-state index is -4.36. The van der Waals surface area contributed by atoms with Crippen LogP contribution < -0.4 is 0 Å². The molecule has 1 aliphatic rings. The van der Waals surface area contributed by atoms with E-state index in [-0.39, 0.29) is 30.6 Å². The maximum absolute atomic E-state index is 12.9. The molecule has 1 N–H and O–H groups in total. The van der Waals surface area contributed by atoms with Crippen molar-refractivity contribution >= 4 is 5.91 Å². The number of aliphatic hydroxyl groups is 1. The van der Waals surface area contributed by atoms with Gasteiger partial charge in [0.25, 0.3) is 0 Å². The largest absolute Gasteiger partial charge is 0.416 e. The van der Waals surface area contributed by atoms with E-state index in [9.17, 15) is 23.1 Å². The summed E-state index contributed by atoms with van der Waals surface area (Å²) < 4.78 is 46.6. The number of ether oxygens (including phenoxy) is 1. The lowest BCUT2D eigenvalue weighted by molar-refractivity contribution is -0.138. The molecule has 1 aliphatic heterocycles. The van der Waals surface area contributed by atoms with Gasteiger partial charge in [0.2, 0.25) is 5.91 Å². The summed E-state index contributed by atoms with van der Waals surface area (Å²) in [6.45, 7) is 5.90. The third-order valence-electron chi connectivity index (χ3n) is 6.37. The Balaban J connectivity index is 1.75. The van der Waals surface area contributed by atoms with Crippen LogP contribution >= 0.6 is 0 Å².